The van der Waals surface area contributed by atoms with Gasteiger partial charge in [0, 0.05) is 34.7 Å². The number of nitrogens with two attached hydrogens (primary N) is 3. The summed E-state index contributed by atoms with van der Waals surface area (Å²) in [6.07, 6.45) is 10.2. The molecular formula is C59H61N19O9. The fraction of sp³-hybridized carbons (Fsp3) is 0.254. The molecule has 1 amide bonds. The number of carboxylic acids is 3. The summed E-state index contributed by atoms with van der Waals surface area (Å²) in [7, 11) is 0. The lowest BCUT2D eigenvalue weighted by Crippen LogP contribution is -2.42. The van der Waals surface area contributed by atoms with E-state index in [1.807, 2.05) is 60.7 Å². The molecule has 5 heterocycles. The summed E-state index contributed by atoms with van der Waals surface area (Å²) in [6.45, 7) is 1.49. The Labute approximate surface area is 495 Å². The van der Waals surface area contributed by atoms with E-state index < -0.39 is 48.0 Å². The van der Waals surface area contributed by atoms with Crippen molar-refractivity contribution in [2.24, 2.45) is 17.2 Å². The number of carbonyl (C=O) groups excluding carboxylic acids is 2. The first-order valence-corrected chi connectivity index (χ1v) is 27.3. The van der Waals surface area contributed by atoms with E-state index in [9.17, 15) is 29.1 Å². The van der Waals surface area contributed by atoms with Gasteiger partial charge in [-0.2, -0.15) is 20.9 Å². The van der Waals surface area contributed by atoms with Crippen molar-refractivity contribution in [2.45, 2.75) is 94.9 Å². The highest BCUT2D eigenvalue weighted by Gasteiger charge is 2.26. The van der Waals surface area contributed by atoms with E-state index in [-0.39, 0.29) is 25.0 Å². The van der Waals surface area contributed by atoms with Gasteiger partial charge in [0.2, 0.25) is 17.5 Å². The molecule has 446 valence electrons. The number of nitrogens with zero attached hydrogens (tertiary/aromatic N) is 12. The molecule has 13 N–H and O–H groups in total. The SMILES string of the molecule is CC(=O)[C@@H](N)Cc1cccc(-c2nn[nH]n2)c1.N#Cc1cccc(C[C@H](N)C(=O)O)c1.N[C@@H](Cc1cccc(-c2nn[nH]n2)c1)C(=O)O.O=C(N[C@@H](Cc1cccc(-c2nn[nH]n2)c1)C(=O)O)c1ccc2c(c1)nc(-c1ccoc1)n2C1CCCCC1. The van der Waals surface area contributed by atoms with Crippen LogP contribution >= 0.6 is 0 Å². The van der Waals surface area contributed by atoms with Crippen molar-refractivity contribution in [3.8, 4) is 51.6 Å². The van der Waals surface area contributed by atoms with Crippen LogP contribution in [0.25, 0.3) is 56.6 Å². The Morgan fingerprint density at radius 1 is 0.621 bits per heavy atom. The number of hydrogen-bond donors (Lipinski definition) is 10. The quantitative estimate of drug-likeness (QED) is 0.0505. The van der Waals surface area contributed by atoms with Gasteiger partial charge in [0.1, 0.15) is 36.0 Å². The highest BCUT2D eigenvalue weighted by atomic mass is 16.4. The maximum atomic E-state index is 13.2. The topological polar surface area (TPSA) is 454 Å². The number of amides is 1. The van der Waals surface area contributed by atoms with Crippen LogP contribution in [0.3, 0.4) is 0 Å². The summed E-state index contributed by atoms with van der Waals surface area (Å²) in [6, 6.07) is 34.9. The number of H-pyrrole nitrogens is 3. The predicted molar refractivity (Wildman–Crippen MR) is 313 cm³/mol. The van der Waals surface area contributed by atoms with E-state index in [0.717, 1.165) is 63.1 Å². The molecular weight excluding hydrogens is 1120 g/mol. The molecule has 28 nitrogen and oxygen atoms in total. The van der Waals surface area contributed by atoms with Crippen LogP contribution in [0.1, 0.15) is 83.2 Å². The minimum Gasteiger partial charge on any atom is -0.480 e. The van der Waals surface area contributed by atoms with Crippen molar-refractivity contribution in [1.82, 2.24) is 76.7 Å². The summed E-state index contributed by atoms with van der Waals surface area (Å²) in [4.78, 5) is 62.4. The minimum atomic E-state index is -1.13. The van der Waals surface area contributed by atoms with Crippen LogP contribution in [0, 0.1) is 11.3 Å². The van der Waals surface area contributed by atoms with Gasteiger partial charge in [0.05, 0.1) is 40.5 Å². The number of fused-ring (bicyclic) bond motifs is 1. The molecule has 1 aliphatic rings. The summed E-state index contributed by atoms with van der Waals surface area (Å²) in [5.41, 5.74) is 25.5. The first-order valence-electron chi connectivity index (χ1n) is 27.3. The smallest absolute Gasteiger partial charge is 0.326 e. The molecule has 1 fully saturated rings. The third-order valence-corrected chi connectivity index (χ3v) is 13.9. The molecule has 1 saturated carbocycles. The largest absolute Gasteiger partial charge is 0.480 e. The summed E-state index contributed by atoms with van der Waals surface area (Å²) in [5, 5.41) is 79.6. The van der Waals surface area contributed by atoms with E-state index in [0.29, 0.717) is 52.1 Å². The number of aromatic amines is 3. The summed E-state index contributed by atoms with van der Waals surface area (Å²) < 4.78 is 7.59. The first-order chi connectivity index (χ1) is 42.0. The Hall–Kier alpha value is -11.0. The molecule has 5 aromatic heterocycles. The van der Waals surface area contributed by atoms with Gasteiger partial charge in [-0.15, -0.1) is 30.6 Å². The molecule has 11 rings (SSSR count). The van der Waals surface area contributed by atoms with Gasteiger partial charge in [-0.05, 0) is 132 Å². The van der Waals surface area contributed by atoms with Crippen LogP contribution in [0.4, 0.5) is 0 Å². The summed E-state index contributed by atoms with van der Waals surface area (Å²) >= 11 is 0. The van der Waals surface area contributed by atoms with Gasteiger partial charge in [0.15, 0.2) is 0 Å². The Morgan fingerprint density at radius 2 is 1.11 bits per heavy atom. The molecule has 87 heavy (non-hydrogen) atoms. The second-order valence-corrected chi connectivity index (χ2v) is 20.2. The van der Waals surface area contributed by atoms with Gasteiger partial charge < -0.3 is 46.8 Å². The fourth-order valence-corrected chi connectivity index (χ4v) is 9.43. The number of aliphatic carboxylic acids is 3. The van der Waals surface area contributed by atoms with Crippen molar-refractivity contribution in [1.29, 1.82) is 5.26 Å². The lowest BCUT2D eigenvalue weighted by Gasteiger charge is -2.25. The van der Waals surface area contributed by atoms with Gasteiger partial charge in [-0.3, -0.25) is 19.2 Å². The highest BCUT2D eigenvalue weighted by molar-refractivity contribution is 5.99. The third kappa shape index (κ3) is 17.3. The Kier molecular flexibility index (Phi) is 21.4. The van der Waals surface area contributed by atoms with Crippen molar-refractivity contribution < 1.29 is 43.7 Å². The fourth-order valence-electron chi connectivity index (χ4n) is 9.43. The van der Waals surface area contributed by atoms with Gasteiger partial charge in [0.25, 0.3) is 5.91 Å². The number of carbonyl (C=O) groups is 5. The number of Topliss-reactive ketones (excluding diaryl/α,β-unsaturated/α-hetero) is 1. The molecule has 0 unspecified atom stereocenters. The standard InChI is InChI=1S/C28H27N7O4.C11H13N5O.C10H11N5O2.C10H10N2O2/c36-27(30-23(28(37)38)14-17-5-4-6-18(13-17)25-31-33-34-32-25)19-9-10-24-22(15-19)29-26(20-11-12-39-16-20)35(24)21-7-2-1-3-8-21;1-7(17)10(12)6-8-3-2-4-9(5-8)11-13-15-16-14-11;11-8(10(16)17)5-6-2-1-3-7(4-6)9-12-14-15-13-9;11-6-8-3-1-2-7(4-8)5-9(12)10(13)14/h4-6,9-13,15-16,21,23H,1-3,7-8,14H2,(H,30,36)(H,37,38)(H,31,32,33,34);2-5,10H,6,12H2,1H3,(H,13,14,15,16);1-4,8H,5,11H2,(H,16,17)(H,12,13,14,15);1-4,9H,5,12H2,(H,13,14)/t23-;10-;8-;9-/m0000/s1. The Bertz CT molecular complexity index is 3840. The lowest BCUT2D eigenvalue weighted by atomic mass is 9.95. The number of benzene rings is 5. The van der Waals surface area contributed by atoms with Gasteiger partial charge in [-0.25, -0.2) is 9.78 Å². The zero-order valence-corrected chi connectivity index (χ0v) is 46.8. The predicted octanol–water partition coefficient (Wildman–Crippen LogP) is 5.07. The number of hydrogen-bond acceptors (Lipinski definition) is 20. The second-order valence-electron chi connectivity index (χ2n) is 20.2. The molecule has 0 aliphatic heterocycles. The van der Waals surface area contributed by atoms with E-state index in [4.69, 9.17) is 42.1 Å². The van der Waals surface area contributed by atoms with Crippen LogP contribution in [0.2, 0.25) is 0 Å². The number of rotatable bonds is 19. The zero-order valence-electron chi connectivity index (χ0n) is 46.8. The van der Waals surface area contributed by atoms with E-state index in [1.165, 1.54) is 26.2 Å². The van der Waals surface area contributed by atoms with Crippen LogP contribution in [0.15, 0.2) is 138 Å². The van der Waals surface area contributed by atoms with E-state index in [1.54, 1.807) is 79.3 Å². The molecule has 28 heteroatoms. The average molecular weight is 1180 g/mol. The maximum Gasteiger partial charge on any atom is 0.326 e. The molecule has 0 bridgehead atoms. The number of furan rings is 1. The number of carboxylic acid groups (broad SMARTS) is 3. The van der Waals surface area contributed by atoms with E-state index in [2.05, 4.69) is 71.8 Å². The lowest BCUT2D eigenvalue weighted by molar-refractivity contribution is -0.139. The van der Waals surface area contributed by atoms with Crippen LogP contribution in [-0.4, -0.2) is 141 Å². The Morgan fingerprint density at radius 3 is 1.56 bits per heavy atom. The second kappa shape index (κ2) is 30.0. The maximum absolute atomic E-state index is 13.2. The Balaban J connectivity index is 0.000000169. The molecule has 4 atom stereocenters. The molecule has 0 spiro atoms. The number of tetrazole rings is 3. The van der Waals surface area contributed by atoms with Gasteiger partial charge >= 0.3 is 17.9 Å². The number of ketones is 1. The van der Waals surface area contributed by atoms with Crippen LogP contribution in [0.5, 0.6) is 0 Å². The third-order valence-electron chi connectivity index (χ3n) is 13.9. The van der Waals surface area contributed by atoms with Crippen LogP contribution < -0.4 is 22.5 Å². The van der Waals surface area contributed by atoms with E-state index >= 15 is 0 Å². The molecule has 5 aromatic carbocycles. The number of nitrogens with one attached hydrogen (secondary N) is 4. The normalized spacial score (nSPS) is 13.4. The van der Waals surface area contributed by atoms with Crippen LogP contribution in [-0.2, 0) is 44.9 Å². The van der Waals surface area contributed by atoms with Gasteiger partial charge in [-0.1, -0.05) is 86.0 Å². The molecule has 1 aliphatic carbocycles. The number of imidazole rings is 1. The van der Waals surface area contributed by atoms with Crippen molar-refractivity contribution in [3.05, 3.63) is 167 Å². The number of nitriles is 1. The first kappa shape index (κ1) is 62.0. The van der Waals surface area contributed by atoms with Crippen molar-refractivity contribution >= 4 is 40.6 Å². The minimum absolute atomic E-state index is 0.0186. The highest BCUT2D eigenvalue weighted by Crippen LogP contribution is 2.36. The molecule has 0 radical (unpaired) electrons. The summed E-state index contributed by atoms with van der Waals surface area (Å²) in [5.74, 6) is -1.46. The average Bonchev–Trinajstić information content (AvgIpc) is 4.05. The zero-order chi connectivity index (χ0) is 61.8. The van der Waals surface area contributed by atoms with Crippen molar-refractivity contribution in [3.63, 3.8) is 0 Å². The monoisotopic (exact) mass is 1180 g/mol. The van der Waals surface area contributed by atoms with Crippen molar-refractivity contribution in [2.75, 3.05) is 0 Å². The molecule has 10 aromatic rings. The molecule has 0 saturated heterocycles. The number of aromatic nitrogens is 14.